The van der Waals surface area contributed by atoms with Crippen molar-refractivity contribution in [1.82, 2.24) is 0 Å². The molecule has 1 atom stereocenters. The number of ether oxygens (including phenoxy) is 1. The summed E-state index contributed by atoms with van der Waals surface area (Å²) in [5, 5.41) is 2.98. The molecule has 96 valence electrons. The van der Waals surface area contributed by atoms with Crippen LogP contribution in [0.25, 0.3) is 0 Å². The van der Waals surface area contributed by atoms with E-state index in [-0.39, 0.29) is 0 Å². The normalized spacial score (nSPS) is 11.5. The molecule has 0 fully saturated rings. The molecule has 0 saturated heterocycles. The number of hydrogen-bond acceptors (Lipinski definition) is 4. The van der Waals surface area contributed by atoms with Crippen LogP contribution in [0.5, 0.6) is 0 Å². The maximum absolute atomic E-state index is 11.7. The van der Waals surface area contributed by atoms with E-state index in [2.05, 4.69) is 10.1 Å². The summed E-state index contributed by atoms with van der Waals surface area (Å²) < 4.78 is 4.64. The minimum Gasteiger partial charge on any atom is -0.444 e. The standard InChI is InChI=1S/C12H12ClNO4/c1-7(15)11(18-8(2)16)12(17)14-10-5-3-9(13)4-6-10/h3-6,11H,1-2H3,(H,14,17)/t11-/m1/s1. The molecule has 1 aromatic carbocycles. The Hall–Kier alpha value is -1.88. The van der Waals surface area contributed by atoms with Crippen molar-refractivity contribution >= 4 is 34.9 Å². The molecule has 0 aliphatic heterocycles. The number of carbonyl (C=O) groups is 3. The molecule has 6 heteroatoms. The van der Waals surface area contributed by atoms with Gasteiger partial charge in [0.15, 0.2) is 5.78 Å². The Morgan fingerprint density at radius 2 is 1.72 bits per heavy atom. The topological polar surface area (TPSA) is 72.5 Å². The van der Waals surface area contributed by atoms with E-state index in [1.54, 1.807) is 24.3 Å². The number of esters is 1. The Morgan fingerprint density at radius 1 is 1.17 bits per heavy atom. The molecule has 1 rings (SSSR count). The molecule has 0 heterocycles. The van der Waals surface area contributed by atoms with Crippen molar-refractivity contribution < 1.29 is 19.1 Å². The zero-order valence-electron chi connectivity index (χ0n) is 9.90. The van der Waals surface area contributed by atoms with Gasteiger partial charge in [-0.15, -0.1) is 0 Å². The third-order valence-electron chi connectivity index (χ3n) is 2.00. The van der Waals surface area contributed by atoms with Crippen molar-refractivity contribution in [2.45, 2.75) is 20.0 Å². The molecule has 0 spiro atoms. The van der Waals surface area contributed by atoms with Crippen LogP contribution >= 0.6 is 11.6 Å². The first-order chi connectivity index (χ1) is 8.40. The number of amides is 1. The highest BCUT2D eigenvalue weighted by Gasteiger charge is 2.26. The average Bonchev–Trinajstić information content (AvgIpc) is 2.28. The first-order valence-electron chi connectivity index (χ1n) is 5.14. The third kappa shape index (κ3) is 4.18. The molecule has 0 bridgehead atoms. The van der Waals surface area contributed by atoms with Crippen LogP contribution in [0.3, 0.4) is 0 Å². The van der Waals surface area contributed by atoms with Crippen molar-refractivity contribution in [3.05, 3.63) is 29.3 Å². The molecule has 1 amide bonds. The summed E-state index contributed by atoms with van der Waals surface area (Å²) >= 11 is 5.69. The van der Waals surface area contributed by atoms with Crippen LogP contribution in [-0.2, 0) is 19.1 Å². The minimum atomic E-state index is -1.43. The van der Waals surface area contributed by atoms with Crippen molar-refractivity contribution in [2.24, 2.45) is 0 Å². The Bertz CT molecular complexity index is 469. The van der Waals surface area contributed by atoms with Gasteiger partial charge < -0.3 is 10.1 Å². The Labute approximate surface area is 109 Å². The number of halogens is 1. The molecule has 18 heavy (non-hydrogen) atoms. The highest BCUT2D eigenvalue weighted by atomic mass is 35.5. The molecular weight excluding hydrogens is 258 g/mol. The van der Waals surface area contributed by atoms with E-state index in [0.29, 0.717) is 10.7 Å². The van der Waals surface area contributed by atoms with E-state index in [1.165, 1.54) is 6.92 Å². The van der Waals surface area contributed by atoms with Gasteiger partial charge in [0.1, 0.15) is 0 Å². The van der Waals surface area contributed by atoms with Gasteiger partial charge in [-0.05, 0) is 31.2 Å². The zero-order valence-corrected chi connectivity index (χ0v) is 10.7. The number of ketones is 1. The van der Waals surface area contributed by atoms with Gasteiger partial charge in [0.25, 0.3) is 5.91 Å². The average molecular weight is 270 g/mol. The van der Waals surface area contributed by atoms with Crippen molar-refractivity contribution in [3.63, 3.8) is 0 Å². The van der Waals surface area contributed by atoms with Crippen LogP contribution < -0.4 is 5.32 Å². The van der Waals surface area contributed by atoms with Crippen LogP contribution in [0.2, 0.25) is 5.02 Å². The quantitative estimate of drug-likeness (QED) is 0.668. The van der Waals surface area contributed by atoms with Gasteiger partial charge in [0.05, 0.1) is 0 Å². The Morgan fingerprint density at radius 3 is 2.17 bits per heavy atom. The number of Topliss-reactive ketones (excluding diaryl/α,β-unsaturated/α-hetero) is 1. The van der Waals surface area contributed by atoms with Crippen LogP contribution in [-0.4, -0.2) is 23.8 Å². The molecular formula is C12H12ClNO4. The fourth-order valence-corrected chi connectivity index (χ4v) is 1.35. The van der Waals surface area contributed by atoms with Crippen molar-refractivity contribution in [2.75, 3.05) is 5.32 Å². The summed E-state index contributed by atoms with van der Waals surface area (Å²) in [6.07, 6.45) is -1.43. The van der Waals surface area contributed by atoms with Crippen LogP contribution in [0.1, 0.15) is 13.8 Å². The SMILES string of the molecule is CC(=O)O[C@H](C(C)=O)C(=O)Nc1ccc(Cl)cc1. The summed E-state index contributed by atoms with van der Waals surface area (Å²) in [6, 6.07) is 6.33. The second kappa shape index (κ2) is 6.16. The molecule has 1 N–H and O–H groups in total. The predicted octanol–water partition coefficient (Wildman–Crippen LogP) is 1.80. The molecule has 0 unspecified atom stereocenters. The number of carbonyl (C=O) groups excluding carboxylic acids is 3. The fraction of sp³-hybridized carbons (Fsp3) is 0.250. The fourth-order valence-electron chi connectivity index (χ4n) is 1.23. The second-order valence-corrected chi connectivity index (χ2v) is 4.03. The van der Waals surface area contributed by atoms with Gasteiger partial charge in [0.2, 0.25) is 6.10 Å². The molecule has 5 nitrogen and oxygen atoms in total. The lowest BCUT2D eigenvalue weighted by molar-refractivity contribution is -0.157. The molecule has 0 aliphatic carbocycles. The monoisotopic (exact) mass is 269 g/mol. The molecule has 0 saturated carbocycles. The third-order valence-corrected chi connectivity index (χ3v) is 2.25. The van der Waals surface area contributed by atoms with Gasteiger partial charge in [0, 0.05) is 17.6 Å². The van der Waals surface area contributed by atoms with Crippen LogP contribution in [0.4, 0.5) is 5.69 Å². The first-order valence-corrected chi connectivity index (χ1v) is 5.52. The Kier molecular flexibility index (Phi) is 4.85. The molecule has 1 aromatic rings. The smallest absolute Gasteiger partial charge is 0.303 e. The summed E-state index contributed by atoms with van der Waals surface area (Å²) in [5.41, 5.74) is 0.461. The van der Waals surface area contributed by atoms with Crippen molar-refractivity contribution in [1.29, 1.82) is 0 Å². The zero-order chi connectivity index (χ0) is 13.7. The lowest BCUT2D eigenvalue weighted by atomic mass is 10.2. The predicted molar refractivity (Wildman–Crippen MR) is 66.3 cm³/mol. The summed E-state index contributed by atoms with van der Waals surface area (Å²) in [7, 11) is 0. The number of hydrogen-bond donors (Lipinski definition) is 1. The summed E-state index contributed by atoms with van der Waals surface area (Å²) in [6.45, 7) is 2.31. The largest absolute Gasteiger partial charge is 0.444 e. The van der Waals surface area contributed by atoms with Crippen molar-refractivity contribution in [3.8, 4) is 0 Å². The maximum atomic E-state index is 11.7. The van der Waals surface area contributed by atoms with E-state index in [0.717, 1.165) is 6.92 Å². The lowest BCUT2D eigenvalue weighted by Gasteiger charge is -2.13. The second-order valence-electron chi connectivity index (χ2n) is 3.60. The molecule has 0 radical (unpaired) electrons. The van der Waals surface area contributed by atoms with Crippen LogP contribution in [0, 0.1) is 0 Å². The van der Waals surface area contributed by atoms with E-state index in [1.807, 2.05) is 0 Å². The van der Waals surface area contributed by atoms with Gasteiger partial charge in [-0.3, -0.25) is 14.4 Å². The number of rotatable bonds is 4. The highest BCUT2D eigenvalue weighted by molar-refractivity contribution is 6.30. The van der Waals surface area contributed by atoms with Gasteiger partial charge in [-0.25, -0.2) is 0 Å². The molecule has 0 aromatic heterocycles. The van der Waals surface area contributed by atoms with Gasteiger partial charge in [-0.1, -0.05) is 11.6 Å². The summed E-state index contributed by atoms with van der Waals surface area (Å²) in [5.74, 6) is -1.93. The van der Waals surface area contributed by atoms with Gasteiger partial charge in [-0.2, -0.15) is 0 Å². The van der Waals surface area contributed by atoms with Crippen LogP contribution in [0.15, 0.2) is 24.3 Å². The van der Waals surface area contributed by atoms with E-state index >= 15 is 0 Å². The van der Waals surface area contributed by atoms with E-state index < -0.39 is 23.8 Å². The summed E-state index contributed by atoms with van der Waals surface area (Å²) in [4.78, 5) is 33.7. The number of benzene rings is 1. The number of anilines is 1. The maximum Gasteiger partial charge on any atom is 0.303 e. The van der Waals surface area contributed by atoms with E-state index in [4.69, 9.17) is 11.6 Å². The molecule has 0 aliphatic rings. The minimum absolute atomic E-state index is 0.461. The number of nitrogens with one attached hydrogen (secondary N) is 1. The highest BCUT2D eigenvalue weighted by Crippen LogP contribution is 2.14. The van der Waals surface area contributed by atoms with Gasteiger partial charge >= 0.3 is 5.97 Å². The Balaban J connectivity index is 2.75. The first kappa shape index (κ1) is 14.2. The van der Waals surface area contributed by atoms with E-state index in [9.17, 15) is 14.4 Å². The lowest BCUT2D eigenvalue weighted by Crippen LogP contribution is -2.37.